The van der Waals surface area contributed by atoms with Gasteiger partial charge in [0, 0.05) is 17.5 Å². The van der Waals surface area contributed by atoms with E-state index in [2.05, 4.69) is 120 Å². The van der Waals surface area contributed by atoms with Crippen molar-refractivity contribution in [2.24, 2.45) is 0 Å². The fourth-order valence-corrected chi connectivity index (χ4v) is 6.40. The minimum absolute atomic E-state index is 0.176. The molecule has 5 aromatic rings. The van der Waals surface area contributed by atoms with Gasteiger partial charge in [-0.2, -0.15) is 0 Å². The largest absolute Gasteiger partial charge is 0.357 e. The third-order valence-electron chi connectivity index (χ3n) is 8.01. The molecule has 3 heteroatoms. The van der Waals surface area contributed by atoms with E-state index in [0.29, 0.717) is 0 Å². The third-order valence-corrected chi connectivity index (χ3v) is 8.01. The van der Waals surface area contributed by atoms with Crippen LogP contribution in [0.25, 0.3) is 22.5 Å². The van der Waals surface area contributed by atoms with E-state index in [9.17, 15) is 0 Å². The molecular weight excluding hydrogens is 459 g/mol. The van der Waals surface area contributed by atoms with Crippen LogP contribution in [-0.4, -0.2) is 16.7 Å². The van der Waals surface area contributed by atoms with Crippen LogP contribution >= 0.6 is 0 Å². The van der Waals surface area contributed by atoms with Gasteiger partial charge >= 0.3 is 0 Å². The topological polar surface area (TPSA) is 28.7 Å². The van der Waals surface area contributed by atoms with Crippen molar-refractivity contribution in [3.63, 3.8) is 0 Å². The molecule has 0 radical (unpaired) electrons. The van der Waals surface area contributed by atoms with E-state index in [-0.39, 0.29) is 6.71 Å². The van der Waals surface area contributed by atoms with E-state index in [1.165, 1.54) is 72.2 Å². The molecule has 0 fully saturated rings. The summed E-state index contributed by atoms with van der Waals surface area (Å²) in [4.78, 5) is 8.23. The van der Waals surface area contributed by atoms with Gasteiger partial charge in [-0.3, -0.25) is 4.98 Å². The summed E-state index contributed by atoms with van der Waals surface area (Å²) in [7, 11) is 0. The van der Waals surface area contributed by atoms with Crippen LogP contribution in [0, 0.1) is 55.4 Å². The summed E-state index contributed by atoms with van der Waals surface area (Å²) in [6, 6.07) is 24.6. The molecule has 0 saturated heterocycles. The van der Waals surface area contributed by atoms with Gasteiger partial charge < -0.3 is 4.98 Å². The maximum Gasteiger partial charge on any atom is 0.242 e. The molecule has 0 aliphatic rings. The number of H-pyrrole nitrogens is 1. The van der Waals surface area contributed by atoms with Crippen LogP contribution in [0.15, 0.2) is 72.9 Å². The van der Waals surface area contributed by atoms with Gasteiger partial charge in [0.25, 0.3) is 0 Å². The standard InChI is InChI=1S/C35H37BN2/c1-21-17-23(3)33(24(4)18-21)36(34-25(5)19-22(2)20-26(34)6)30-14-12-29(13-15-30)32-27(7)28(8)38-35(32)31-11-9-10-16-37-31/h9-20,38H,1-8H3. The number of benzene rings is 3. The Morgan fingerprint density at radius 3 is 1.63 bits per heavy atom. The Balaban J connectivity index is 1.69. The third kappa shape index (κ3) is 4.62. The molecule has 0 spiro atoms. The second kappa shape index (κ2) is 10.1. The monoisotopic (exact) mass is 496 g/mol. The van der Waals surface area contributed by atoms with E-state index >= 15 is 0 Å². The maximum absolute atomic E-state index is 4.64. The molecule has 0 bridgehead atoms. The van der Waals surface area contributed by atoms with Gasteiger partial charge in [0.2, 0.25) is 6.71 Å². The summed E-state index contributed by atoms with van der Waals surface area (Å²) in [5.74, 6) is 0. The summed E-state index contributed by atoms with van der Waals surface area (Å²) >= 11 is 0. The fourth-order valence-electron chi connectivity index (χ4n) is 6.40. The molecule has 2 aromatic heterocycles. The van der Waals surface area contributed by atoms with E-state index in [1.807, 2.05) is 18.3 Å². The number of pyridine rings is 1. The zero-order valence-corrected chi connectivity index (χ0v) is 24.0. The SMILES string of the molecule is Cc1cc(C)c(B(c2ccc(-c3c(-c4ccccn4)[nH]c(C)c3C)cc2)c2c(C)cc(C)cc2C)c(C)c1. The number of nitrogens with one attached hydrogen (secondary N) is 1. The smallest absolute Gasteiger partial charge is 0.242 e. The Kier molecular flexibility index (Phi) is 6.88. The van der Waals surface area contributed by atoms with Gasteiger partial charge in [-0.05, 0) is 78.6 Å². The predicted octanol–water partition coefficient (Wildman–Crippen LogP) is 6.73. The average molecular weight is 497 g/mol. The Labute approximate surface area is 228 Å². The van der Waals surface area contributed by atoms with Gasteiger partial charge in [0.05, 0.1) is 11.4 Å². The molecule has 0 aliphatic carbocycles. The zero-order valence-electron chi connectivity index (χ0n) is 24.0. The molecule has 5 rings (SSSR count). The molecule has 0 aliphatic heterocycles. The zero-order chi connectivity index (χ0) is 27.1. The van der Waals surface area contributed by atoms with Gasteiger partial charge in [-0.25, -0.2) is 0 Å². The number of aromatic amines is 1. The van der Waals surface area contributed by atoms with E-state index in [1.54, 1.807) is 0 Å². The molecule has 0 unspecified atom stereocenters. The van der Waals surface area contributed by atoms with Crippen LogP contribution in [0.3, 0.4) is 0 Å². The van der Waals surface area contributed by atoms with E-state index in [0.717, 1.165) is 11.4 Å². The van der Waals surface area contributed by atoms with Gasteiger partial charge in [-0.15, -0.1) is 0 Å². The van der Waals surface area contributed by atoms with Crippen molar-refractivity contribution in [1.82, 2.24) is 9.97 Å². The molecule has 1 N–H and O–H groups in total. The van der Waals surface area contributed by atoms with Crippen LogP contribution in [0.1, 0.15) is 44.6 Å². The molecule has 0 atom stereocenters. The molecule has 38 heavy (non-hydrogen) atoms. The normalized spacial score (nSPS) is 11.2. The highest BCUT2D eigenvalue weighted by molar-refractivity contribution is 6.96. The van der Waals surface area contributed by atoms with Gasteiger partial charge in [-0.1, -0.05) is 104 Å². The highest BCUT2D eigenvalue weighted by atomic mass is 14.8. The Hall–Kier alpha value is -3.85. The number of rotatable bonds is 5. The highest BCUT2D eigenvalue weighted by Crippen LogP contribution is 2.35. The molecule has 190 valence electrons. The summed E-state index contributed by atoms with van der Waals surface area (Å²) in [6.07, 6.45) is 1.86. The summed E-state index contributed by atoms with van der Waals surface area (Å²) in [5.41, 5.74) is 19.1. The maximum atomic E-state index is 4.64. The molecule has 2 nitrogen and oxygen atoms in total. The van der Waals surface area contributed by atoms with Crippen LogP contribution < -0.4 is 16.4 Å². The van der Waals surface area contributed by atoms with Crippen molar-refractivity contribution in [3.8, 4) is 22.5 Å². The number of nitrogens with zero attached hydrogens (tertiary/aromatic N) is 1. The second-order valence-corrected chi connectivity index (χ2v) is 11.0. The predicted molar refractivity (Wildman–Crippen MR) is 165 cm³/mol. The minimum Gasteiger partial charge on any atom is -0.357 e. The molecular formula is C35H37BN2. The first-order valence-corrected chi connectivity index (χ1v) is 13.5. The molecule has 0 amide bonds. The van der Waals surface area contributed by atoms with Crippen LogP contribution in [0.4, 0.5) is 0 Å². The number of aryl methyl sites for hydroxylation is 7. The van der Waals surface area contributed by atoms with Crippen molar-refractivity contribution in [3.05, 3.63) is 118 Å². The van der Waals surface area contributed by atoms with E-state index in [4.69, 9.17) is 0 Å². The van der Waals surface area contributed by atoms with E-state index < -0.39 is 0 Å². The van der Waals surface area contributed by atoms with Crippen molar-refractivity contribution in [1.29, 1.82) is 0 Å². The highest BCUT2D eigenvalue weighted by Gasteiger charge is 2.28. The summed E-state index contributed by atoms with van der Waals surface area (Å²) in [6.45, 7) is 18.0. The van der Waals surface area contributed by atoms with Crippen molar-refractivity contribution in [2.75, 3.05) is 0 Å². The van der Waals surface area contributed by atoms with Gasteiger partial charge in [0.15, 0.2) is 0 Å². The number of aromatic nitrogens is 2. The fraction of sp³-hybridized carbons (Fsp3) is 0.229. The lowest BCUT2D eigenvalue weighted by Gasteiger charge is -2.25. The lowest BCUT2D eigenvalue weighted by molar-refractivity contribution is 1.21. The molecule has 3 aromatic carbocycles. The first kappa shape index (κ1) is 25.8. The minimum atomic E-state index is 0.176. The Bertz CT molecular complexity index is 1520. The van der Waals surface area contributed by atoms with Crippen molar-refractivity contribution >= 4 is 23.1 Å². The quantitative estimate of drug-likeness (QED) is 0.269. The number of hydrogen-bond acceptors (Lipinski definition) is 1. The molecule has 0 saturated carbocycles. The van der Waals surface area contributed by atoms with Crippen LogP contribution in [-0.2, 0) is 0 Å². The number of hydrogen-bond donors (Lipinski definition) is 1. The second-order valence-electron chi connectivity index (χ2n) is 11.0. The first-order valence-electron chi connectivity index (χ1n) is 13.5. The lowest BCUT2D eigenvalue weighted by Crippen LogP contribution is -2.55. The van der Waals surface area contributed by atoms with Gasteiger partial charge in [0.1, 0.15) is 0 Å². The van der Waals surface area contributed by atoms with Crippen LogP contribution in [0.5, 0.6) is 0 Å². The average Bonchev–Trinajstić information content (AvgIpc) is 3.16. The van der Waals surface area contributed by atoms with Crippen molar-refractivity contribution in [2.45, 2.75) is 55.4 Å². The summed E-state index contributed by atoms with van der Waals surface area (Å²) < 4.78 is 0. The first-order chi connectivity index (χ1) is 18.2. The van der Waals surface area contributed by atoms with Crippen molar-refractivity contribution < 1.29 is 0 Å². The lowest BCUT2D eigenvalue weighted by atomic mass is 9.34. The van der Waals surface area contributed by atoms with Crippen LogP contribution in [0.2, 0.25) is 0 Å². The Morgan fingerprint density at radius 1 is 0.632 bits per heavy atom. The summed E-state index contributed by atoms with van der Waals surface area (Å²) in [5, 5.41) is 0. The Morgan fingerprint density at radius 2 is 1.16 bits per heavy atom. The molecule has 2 heterocycles.